The Morgan fingerprint density at radius 3 is 2.32 bits per heavy atom. The van der Waals surface area contributed by atoms with Crippen molar-refractivity contribution in [3.63, 3.8) is 0 Å². The lowest BCUT2D eigenvalue weighted by Gasteiger charge is -2.15. The standard InChI is InChI=1S/C16H15NOS/c18-16-15(11-13-7-3-1-4-8-13)19-12-17(16)14-9-5-2-6-10-14/h1-10,15H,11-12H2. The molecule has 3 heteroatoms. The molecule has 1 aliphatic heterocycles. The molecule has 2 nitrogen and oxygen atoms in total. The van der Waals surface area contributed by atoms with E-state index in [1.165, 1.54) is 5.56 Å². The first-order valence-electron chi connectivity index (χ1n) is 6.36. The lowest BCUT2D eigenvalue weighted by atomic mass is 10.1. The van der Waals surface area contributed by atoms with Crippen LogP contribution in [0.5, 0.6) is 0 Å². The summed E-state index contributed by atoms with van der Waals surface area (Å²) in [7, 11) is 0. The van der Waals surface area contributed by atoms with Gasteiger partial charge in [0.2, 0.25) is 5.91 Å². The molecular formula is C16H15NOS. The van der Waals surface area contributed by atoms with Gasteiger partial charge in [-0.2, -0.15) is 0 Å². The fourth-order valence-corrected chi connectivity index (χ4v) is 3.44. The predicted octanol–water partition coefficient (Wildman–Crippen LogP) is 3.34. The van der Waals surface area contributed by atoms with Crippen molar-refractivity contribution in [1.29, 1.82) is 0 Å². The van der Waals surface area contributed by atoms with Crippen LogP contribution in [0.15, 0.2) is 60.7 Å². The third-order valence-corrected chi connectivity index (χ3v) is 4.46. The van der Waals surface area contributed by atoms with E-state index < -0.39 is 0 Å². The largest absolute Gasteiger partial charge is 0.302 e. The first-order valence-corrected chi connectivity index (χ1v) is 7.41. The van der Waals surface area contributed by atoms with Gasteiger partial charge in [-0.15, -0.1) is 11.8 Å². The predicted molar refractivity (Wildman–Crippen MR) is 80.3 cm³/mol. The molecular weight excluding hydrogens is 254 g/mol. The second-order valence-electron chi connectivity index (χ2n) is 4.58. The van der Waals surface area contributed by atoms with Crippen molar-refractivity contribution in [2.75, 3.05) is 10.8 Å². The summed E-state index contributed by atoms with van der Waals surface area (Å²) in [6.07, 6.45) is 0.813. The summed E-state index contributed by atoms with van der Waals surface area (Å²) in [6, 6.07) is 20.1. The van der Waals surface area contributed by atoms with Gasteiger partial charge in [-0.1, -0.05) is 48.5 Å². The van der Waals surface area contributed by atoms with Crippen LogP contribution in [-0.2, 0) is 11.2 Å². The van der Waals surface area contributed by atoms with Gasteiger partial charge in [0, 0.05) is 5.69 Å². The first-order chi connectivity index (χ1) is 9.34. The number of hydrogen-bond donors (Lipinski definition) is 0. The number of hydrogen-bond acceptors (Lipinski definition) is 2. The quantitative estimate of drug-likeness (QED) is 0.852. The number of carbonyl (C=O) groups is 1. The Bertz CT molecular complexity index is 555. The zero-order valence-corrected chi connectivity index (χ0v) is 11.3. The van der Waals surface area contributed by atoms with Gasteiger partial charge < -0.3 is 4.90 Å². The van der Waals surface area contributed by atoms with Crippen LogP contribution in [0.25, 0.3) is 0 Å². The Morgan fingerprint density at radius 1 is 1.00 bits per heavy atom. The maximum Gasteiger partial charge on any atom is 0.241 e. The fraction of sp³-hybridized carbons (Fsp3) is 0.188. The van der Waals surface area contributed by atoms with Crippen molar-refractivity contribution in [2.45, 2.75) is 11.7 Å². The van der Waals surface area contributed by atoms with Crippen molar-refractivity contribution >= 4 is 23.4 Å². The average molecular weight is 269 g/mol. The van der Waals surface area contributed by atoms with E-state index in [0.29, 0.717) is 0 Å². The number of thioether (sulfide) groups is 1. The Morgan fingerprint density at radius 2 is 1.63 bits per heavy atom. The Kier molecular flexibility index (Phi) is 3.56. The molecule has 3 rings (SSSR count). The smallest absolute Gasteiger partial charge is 0.241 e. The monoisotopic (exact) mass is 269 g/mol. The summed E-state index contributed by atoms with van der Waals surface area (Å²) < 4.78 is 0. The van der Waals surface area contributed by atoms with Gasteiger partial charge in [0.25, 0.3) is 0 Å². The van der Waals surface area contributed by atoms with Crippen LogP contribution in [0, 0.1) is 0 Å². The summed E-state index contributed by atoms with van der Waals surface area (Å²) in [4.78, 5) is 14.3. The molecule has 0 radical (unpaired) electrons. The van der Waals surface area contributed by atoms with E-state index >= 15 is 0 Å². The van der Waals surface area contributed by atoms with Gasteiger partial charge in [0.1, 0.15) is 0 Å². The summed E-state index contributed by atoms with van der Waals surface area (Å²) in [5.74, 6) is 0.973. The molecule has 19 heavy (non-hydrogen) atoms. The molecule has 1 saturated heterocycles. The summed E-state index contributed by atoms with van der Waals surface area (Å²) >= 11 is 1.72. The third-order valence-electron chi connectivity index (χ3n) is 3.28. The summed E-state index contributed by atoms with van der Waals surface area (Å²) in [6.45, 7) is 0. The molecule has 0 N–H and O–H groups in total. The highest BCUT2D eigenvalue weighted by atomic mass is 32.2. The average Bonchev–Trinajstić information content (AvgIpc) is 2.82. The van der Waals surface area contributed by atoms with Gasteiger partial charge in [-0.25, -0.2) is 0 Å². The zero-order chi connectivity index (χ0) is 13.1. The number of carbonyl (C=O) groups excluding carboxylic acids is 1. The van der Waals surface area contributed by atoms with E-state index in [2.05, 4.69) is 12.1 Å². The normalized spacial score (nSPS) is 18.8. The highest BCUT2D eigenvalue weighted by Gasteiger charge is 2.32. The molecule has 0 spiro atoms. The summed E-state index contributed by atoms with van der Waals surface area (Å²) in [5, 5.41) is 0.0441. The van der Waals surface area contributed by atoms with Gasteiger partial charge >= 0.3 is 0 Å². The minimum atomic E-state index is 0.0441. The van der Waals surface area contributed by atoms with Crippen LogP contribution in [0.1, 0.15) is 5.56 Å². The van der Waals surface area contributed by atoms with E-state index in [9.17, 15) is 4.79 Å². The van der Waals surface area contributed by atoms with Crippen LogP contribution < -0.4 is 4.90 Å². The van der Waals surface area contributed by atoms with Crippen molar-refractivity contribution in [1.82, 2.24) is 0 Å². The van der Waals surface area contributed by atoms with E-state index in [1.54, 1.807) is 11.8 Å². The molecule has 0 saturated carbocycles. The van der Waals surface area contributed by atoms with Crippen molar-refractivity contribution in [2.24, 2.45) is 0 Å². The highest BCUT2D eigenvalue weighted by molar-refractivity contribution is 8.01. The van der Waals surface area contributed by atoms with Crippen molar-refractivity contribution in [3.8, 4) is 0 Å². The molecule has 1 unspecified atom stereocenters. The van der Waals surface area contributed by atoms with Gasteiger partial charge in [0.05, 0.1) is 11.1 Å². The third kappa shape index (κ3) is 2.66. The maximum absolute atomic E-state index is 12.4. The second kappa shape index (κ2) is 5.49. The van der Waals surface area contributed by atoms with E-state index in [0.717, 1.165) is 18.0 Å². The van der Waals surface area contributed by atoms with Crippen LogP contribution in [0.2, 0.25) is 0 Å². The lowest BCUT2D eigenvalue weighted by molar-refractivity contribution is -0.117. The number of benzene rings is 2. The molecule has 0 bridgehead atoms. The maximum atomic E-state index is 12.4. The molecule has 1 heterocycles. The van der Waals surface area contributed by atoms with Gasteiger partial charge in [-0.3, -0.25) is 4.79 Å². The number of anilines is 1. The lowest BCUT2D eigenvalue weighted by Crippen LogP contribution is -2.30. The number of para-hydroxylation sites is 1. The molecule has 1 fully saturated rings. The number of amides is 1. The molecule has 0 aromatic heterocycles. The van der Waals surface area contributed by atoms with Gasteiger partial charge in [-0.05, 0) is 24.1 Å². The van der Waals surface area contributed by atoms with Crippen molar-refractivity contribution < 1.29 is 4.79 Å². The van der Waals surface area contributed by atoms with Crippen LogP contribution in [-0.4, -0.2) is 17.0 Å². The summed E-state index contributed by atoms with van der Waals surface area (Å²) in [5.41, 5.74) is 2.22. The molecule has 96 valence electrons. The molecule has 1 aliphatic rings. The number of nitrogens with zero attached hydrogens (tertiary/aromatic N) is 1. The SMILES string of the molecule is O=C1C(Cc2ccccc2)SCN1c1ccccc1. The van der Waals surface area contributed by atoms with Crippen LogP contribution in [0.4, 0.5) is 5.69 Å². The van der Waals surface area contributed by atoms with Gasteiger partial charge in [0.15, 0.2) is 0 Å². The van der Waals surface area contributed by atoms with E-state index in [-0.39, 0.29) is 11.2 Å². The second-order valence-corrected chi connectivity index (χ2v) is 5.74. The zero-order valence-electron chi connectivity index (χ0n) is 10.5. The van der Waals surface area contributed by atoms with Crippen LogP contribution in [0.3, 0.4) is 0 Å². The topological polar surface area (TPSA) is 20.3 Å². The van der Waals surface area contributed by atoms with E-state index in [4.69, 9.17) is 0 Å². The molecule has 2 aromatic rings. The minimum absolute atomic E-state index is 0.0441. The van der Waals surface area contributed by atoms with Crippen molar-refractivity contribution in [3.05, 3.63) is 66.2 Å². The Hall–Kier alpha value is -1.74. The molecule has 1 atom stereocenters. The first kappa shape index (κ1) is 12.3. The Labute approximate surface area is 117 Å². The molecule has 1 amide bonds. The molecule has 2 aromatic carbocycles. The molecule has 0 aliphatic carbocycles. The fourth-order valence-electron chi connectivity index (χ4n) is 2.26. The van der Waals surface area contributed by atoms with E-state index in [1.807, 2.05) is 53.4 Å². The minimum Gasteiger partial charge on any atom is -0.302 e. The number of rotatable bonds is 3. The highest BCUT2D eigenvalue weighted by Crippen LogP contribution is 2.31. The van der Waals surface area contributed by atoms with Crippen LogP contribution >= 0.6 is 11.8 Å². The Balaban J connectivity index is 1.73.